The standard InChI is InChI=1S/C20H21FN4O3S/c1-24(11-17(26)25-6-8-28-9-7-25)10-16-22-19(27)18-15(12-29-20(18)23-16)13-2-4-14(21)5-3-13/h2-5,12H,6-11H2,1H3,(H,22,23,27). The van der Waals surface area contributed by atoms with Gasteiger partial charge in [0.2, 0.25) is 5.91 Å². The number of aromatic nitrogens is 2. The van der Waals surface area contributed by atoms with Crippen molar-refractivity contribution in [3.05, 3.63) is 51.6 Å². The molecule has 1 amide bonds. The van der Waals surface area contributed by atoms with Crippen molar-refractivity contribution in [2.75, 3.05) is 39.9 Å². The second-order valence-electron chi connectivity index (χ2n) is 7.01. The monoisotopic (exact) mass is 416 g/mol. The molecule has 7 nitrogen and oxygen atoms in total. The van der Waals surface area contributed by atoms with Crippen LogP contribution in [-0.2, 0) is 16.1 Å². The fraction of sp³-hybridized carbons (Fsp3) is 0.350. The summed E-state index contributed by atoms with van der Waals surface area (Å²) in [6.45, 7) is 2.94. The molecule has 1 aliphatic heterocycles. The summed E-state index contributed by atoms with van der Waals surface area (Å²) in [4.78, 5) is 36.7. The van der Waals surface area contributed by atoms with Crippen LogP contribution in [0.2, 0.25) is 0 Å². The molecule has 0 radical (unpaired) electrons. The van der Waals surface area contributed by atoms with E-state index in [2.05, 4.69) is 9.97 Å². The molecule has 1 saturated heterocycles. The lowest BCUT2D eigenvalue weighted by Gasteiger charge is -2.28. The van der Waals surface area contributed by atoms with Gasteiger partial charge in [-0.2, -0.15) is 0 Å². The number of H-pyrrole nitrogens is 1. The molecule has 1 aliphatic rings. The number of hydrogen-bond acceptors (Lipinski definition) is 6. The van der Waals surface area contributed by atoms with Gasteiger partial charge in [-0.25, -0.2) is 9.37 Å². The highest BCUT2D eigenvalue weighted by Crippen LogP contribution is 2.30. The second-order valence-corrected chi connectivity index (χ2v) is 7.87. The highest BCUT2D eigenvalue weighted by Gasteiger charge is 2.19. The highest BCUT2D eigenvalue weighted by molar-refractivity contribution is 7.17. The number of carbonyl (C=O) groups is 1. The van der Waals surface area contributed by atoms with E-state index in [1.165, 1.54) is 23.5 Å². The van der Waals surface area contributed by atoms with Crippen LogP contribution in [-0.4, -0.2) is 65.6 Å². The van der Waals surface area contributed by atoms with E-state index in [9.17, 15) is 14.0 Å². The van der Waals surface area contributed by atoms with Crippen molar-refractivity contribution in [3.8, 4) is 11.1 Å². The Balaban J connectivity index is 1.51. The number of aromatic amines is 1. The van der Waals surface area contributed by atoms with E-state index in [1.54, 1.807) is 17.0 Å². The zero-order valence-electron chi connectivity index (χ0n) is 16.0. The molecule has 4 rings (SSSR count). The summed E-state index contributed by atoms with van der Waals surface area (Å²) in [5.74, 6) is 0.221. The molecule has 1 aromatic carbocycles. The molecule has 29 heavy (non-hydrogen) atoms. The molecule has 0 unspecified atom stereocenters. The van der Waals surface area contributed by atoms with Crippen molar-refractivity contribution in [3.63, 3.8) is 0 Å². The van der Waals surface area contributed by atoms with Crippen LogP contribution < -0.4 is 5.56 Å². The van der Waals surface area contributed by atoms with Gasteiger partial charge in [-0.15, -0.1) is 11.3 Å². The minimum absolute atomic E-state index is 0.0361. The van der Waals surface area contributed by atoms with Crippen LogP contribution in [0.5, 0.6) is 0 Å². The van der Waals surface area contributed by atoms with Crippen molar-refractivity contribution in [1.82, 2.24) is 19.8 Å². The number of ether oxygens (including phenoxy) is 1. The minimum atomic E-state index is -0.322. The first-order chi connectivity index (χ1) is 14.0. The summed E-state index contributed by atoms with van der Waals surface area (Å²) in [5, 5.41) is 2.35. The van der Waals surface area contributed by atoms with Crippen LogP contribution in [0.4, 0.5) is 4.39 Å². The van der Waals surface area contributed by atoms with Gasteiger partial charge in [0.1, 0.15) is 16.5 Å². The van der Waals surface area contributed by atoms with Gasteiger partial charge in [0.25, 0.3) is 5.56 Å². The SMILES string of the molecule is CN(CC(=O)N1CCOCC1)Cc1nc2scc(-c3ccc(F)cc3)c2c(=O)[nH]1. The van der Waals surface area contributed by atoms with Gasteiger partial charge in [-0.1, -0.05) is 12.1 Å². The molecule has 0 aliphatic carbocycles. The van der Waals surface area contributed by atoms with E-state index in [0.29, 0.717) is 48.9 Å². The fourth-order valence-electron chi connectivity index (χ4n) is 3.37. The summed E-state index contributed by atoms with van der Waals surface area (Å²) in [7, 11) is 1.82. The lowest BCUT2D eigenvalue weighted by molar-refractivity contribution is -0.136. The third-order valence-corrected chi connectivity index (χ3v) is 5.71. The number of amides is 1. The molecule has 1 N–H and O–H groups in total. The molecule has 3 heterocycles. The topological polar surface area (TPSA) is 78.5 Å². The maximum absolute atomic E-state index is 13.2. The zero-order chi connectivity index (χ0) is 20.4. The third-order valence-electron chi connectivity index (χ3n) is 4.84. The van der Waals surface area contributed by atoms with E-state index < -0.39 is 0 Å². The number of morpholine rings is 1. The largest absolute Gasteiger partial charge is 0.378 e. The molecule has 152 valence electrons. The quantitative estimate of drug-likeness (QED) is 0.689. The van der Waals surface area contributed by atoms with Gasteiger partial charge in [0.05, 0.1) is 31.7 Å². The molecule has 2 aromatic heterocycles. The molecule has 0 atom stereocenters. The first-order valence-corrected chi connectivity index (χ1v) is 10.2. The lowest BCUT2D eigenvalue weighted by Crippen LogP contribution is -2.45. The molecule has 0 spiro atoms. The lowest BCUT2D eigenvalue weighted by atomic mass is 10.1. The number of fused-ring (bicyclic) bond motifs is 1. The Morgan fingerprint density at radius 1 is 1.31 bits per heavy atom. The number of nitrogens with zero attached hydrogens (tertiary/aromatic N) is 3. The van der Waals surface area contributed by atoms with E-state index in [4.69, 9.17) is 4.74 Å². The van der Waals surface area contributed by atoms with Gasteiger partial charge in [0.15, 0.2) is 0 Å². The van der Waals surface area contributed by atoms with Crippen LogP contribution in [0.1, 0.15) is 5.82 Å². The van der Waals surface area contributed by atoms with Gasteiger partial charge in [-0.3, -0.25) is 14.5 Å². The summed E-state index contributed by atoms with van der Waals surface area (Å²) >= 11 is 1.37. The molecular formula is C20H21FN4O3S. The van der Waals surface area contributed by atoms with Crippen LogP contribution in [0, 0.1) is 5.82 Å². The number of carbonyl (C=O) groups excluding carboxylic acids is 1. The number of thiophene rings is 1. The number of nitrogens with one attached hydrogen (secondary N) is 1. The second kappa shape index (κ2) is 8.40. The number of hydrogen-bond donors (Lipinski definition) is 1. The third kappa shape index (κ3) is 4.36. The van der Waals surface area contributed by atoms with Gasteiger partial charge >= 0.3 is 0 Å². The number of rotatable bonds is 5. The Bertz CT molecular complexity index is 1070. The zero-order valence-corrected chi connectivity index (χ0v) is 16.8. The van der Waals surface area contributed by atoms with E-state index in [0.717, 1.165) is 11.1 Å². The Kier molecular flexibility index (Phi) is 5.70. The molecule has 0 bridgehead atoms. The molecular weight excluding hydrogens is 395 g/mol. The Labute approximate surface area is 170 Å². The predicted octanol–water partition coefficient (Wildman–Crippen LogP) is 2.08. The average Bonchev–Trinajstić information content (AvgIpc) is 3.13. The van der Waals surface area contributed by atoms with Crippen molar-refractivity contribution >= 4 is 27.5 Å². The first-order valence-electron chi connectivity index (χ1n) is 9.31. The van der Waals surface area contributed by atoms with Crippen LogP contribution >= 0.6 is 11.3 Å². The summed E-state index contributed by atoms with van der Waals surface area (Å²) in [6.07, 6.45) is 0. The first kappa shape index (κ1) is 19.7. The van der Waals surface area contributed by atoms with E-state index in [-0.39, 0.29) is 23.8 Å². The van der Waals surface area contributed by atoms with Crippen LogP contribution in [0.3, 0.4) is 0 Å². The van der Waals surface area contributed by atoms with Gasteiger partial charge < -0.3 is 14.6 Å². The van der Waals surface area contributed by atoms with E-state index >= 15 is 0 Å². The van der Waals surface area contributed by atoms with Crippen molar-refractivity contribution in [2.24, 2.45) is 0 Å². The Morgan fingerprint density at radius 2 is 2.03 bits per heavy atom. The van der Waals surface area contributed by atoms with Crippen LogP contribution in [0.15, 0.2) is 34.4 Å². The van der Waals surface area contributed by atoms with Crippen molar-refractivity contribution in [2.45, 2.75) is 6.54 Å². The predicted molar refractivity (Wildman–Crippen MR) is 109 cm³/mol. The van der Waals surface area contributed by atoms with Gasteiger partial charge in [0, 0.05) is 24.0 Å². The van der Waals surface area contributed by atoms with E-state index in [1.807, 2.05) is 17.3 Å². The Hall–Kier alpha value is -2.62. The fourth-order valence-corrected chi connectivity index (χ4v) is 4.33. The maximum Gasteiger partial charge on any atom is 0.260 e. The Morgan fingerprint density at radius 3 is 2.76 bits per heavy atom. The summed E-state index contributed by atoms with van der Waals surface area (Å²) in [5.41, 5.74) is 1.27. The minimum Gasteiger partial charge on any atom is -0.378 e. The number of halogens is 1. The summed E-state index contributed by atoms with van der Waals surface area (Å²) in [6, 6.07) is 6.04. The van der Waals surface area contributed by atoms with Crippen LogP contribution in [0.25, 0.3) is 21.3 Å². The molecule has 0 saturated carbocycles. The highest BCUT2D eigenvalue weighted by atomic mass is 32.1. The average molecular weight is 416 g/mol. The van der Waals surface area contributed by atoms with Gasteiger partial charge in [-0.05, 0) is 24.7 Å². The maximum atomic E-state index is 13.2. The summed E-state index contributed by atoms with van der Waals surface area (Å²) < 4.78 is 18.5. The normalized spacial score (nSPS) is 14.7. The van der Waals surface area contributed by atoms with Crippen molar-refractivity contribution in [1.29, 1.82) is 0 Å². The molecule has 9 heteroatoms. The molecule has 3 aromatic rings. The van der Waals surface area contributed by atoms with Crippen molar-refractivity contribution < 1.29 is 13.9 Å². The number of likely N-dealkylation sites (N-methyl/N-ethyl adjacent to an activating group) is 1. The smallest absolute Gasteiger partial charge is 0.260 e. The number of benzene rings is 1. The molecule has 1 fully saturated rings.